The molecule has 26 heavy (non-hydrogen) atoms. The first-order valence-electron chi connectivity index (χ1n) is 8.76. The van der Waals surface area contributed by atoms with Crippen molar-refractivity contribution in [3.8, 4) is 5.75 Å². The van der Waals surface area contributed by atoms with Gasteiger partial charge in [-0.15, -0.1) is 0 Å². The summed E-state index contributed by atoms with van der Waals surface area (Å²) in [5.74, 6) is 0.115. The molecule has 0 heterocycles. The number of likely N-dealkylation sites (N-methyl/N-ethyl adjacent to an activating group) is 1. The van der Waals surface area contributed by atoms with E-state index in [0.29, 0.717) is 10.8 Å². The Labute approximate surface area is 161 Å². The first-order chi connectivity index (χ1) is 12.2. The number of rotatable bonds is 6. The smallest absolute Gasteiger partial charge is 0.246 e. The van der Waals surface area contributed by atoms with Crippen molar-refractivity contribution >= 4 is 33.2 Å². The number of amides is 1. The van der Waals surface area contributed by atoms with Crippen LogP contribution >= 0.6 is 11.6 Å². The van der Waals surface area contributed by atoms with Crippen molar-refractivity contribution in [1.82, 2.24) is 4.90 Å². The number of nitrogens with zero attached hydrogens (tertiary/aromatic N) is 2. The van der Waals surface area contributed by atoms with E-state index in [1.165, 1.54) is 19.6 Å². The van der Waals surface area contributed by atoms with E-state index in [1.807, 2.05) is 0 Å². The van der Waals surface area contributed by atoms with Crippen molar-refractivity contribution in [2.75, 3.05) is 24.7 Å². The van der Waals surface area contributed by atoms with E-state index < -0.39 is 16.1 Å². The molecule has 1 fully saturated rings. The molecule has 1 saturated carbocycles. The first-order valence-corrected chi connectivity index (χ1v) is 11.0. The summed E-state index contributed by atoms with van der Waals surface area (Å²) < 4.78 is 31.4. The molecule has 146 valence electrons. The standard InChI is InChI=1S/C18H27ClN2O4S/c1-13(18(22)20(2)15-8-6-5-7-9-15)21(26(4,23)24)16-12-14(19)10-11-17(16)25-3/h10-13,15H,5-9H2,1-4H3/t13-/m1/s1. The highest BCUT2D eigenvalue weighted by Gasteiger charge is 2.35. The number of carbonyl (C=O) groups is 1. The van der Waals surface area contributed by atoms with Gasteiger partial charge >= 0.3 is 0 Å². The van der Waals surface area contributed by atoms with Crippen LogP contribution in [0.25, 0.3) is 0 Å². The third-order valence-corrected chi connectivity index (χ3v) is 6.38. The lowest BCUT2D eigenvalue weighted by molar-refractivity contribution is -0.133. The molecule has 8 heteroatoms. The summed E-state index contributed by atoms with van der Waals surface area (Å²) in [5, 5.41) is 0.370. The molecule has 1 amide bonds. The SMILES string of the molecule is COc1ccc(Cl)cc1N([C@H](C)C(=O)N(C)C1CCCCC1)S(C)(=O)=O. The summed E-state index contributed by atoms with van der Waals surface area (Å²) in [6, 6.07) is 3.97. The van der Waals surface area contributed by atoms with Crippen molar-refractivity contribution in [1.29, 1.82) is 0 Å². The van der Waals surface area contributed by atoms with E-state index in [2.05, 4.69) is 0 Å². The Morgan fingerprint density at radius 1 is 1.27 bits per heavy atom. The minimum absolute atomic E-state index is 0.154. The zero-order valence-electron chi connectivity index (χ0n) is 15.7. The van der Waals surface area contributed by atoms with Crippen LogP contribution in [-0.4, -0.2) is 51.7 Å². The maximum Gasteiger partial charge on any atom is 0.246 e. The van der Waals surface area contributed by atoms with Crippen LogP contribution in [-0.2, 0) is 14.8 Å². The number of anilines is 1. The van der Waals surface area contributed by atoms with Gasteiger partial charge in [0.25, 0.3) is 0 Å². The Bertz CT molecular complexity index is 748. The van der Waals surface area contributed by atoms with Crippen molar-refractivity contribution in [2.24, 2.45) is 0 Å². The van der Waals surface area contributed by atoms with Gasteiger partial charge in [0, 0.05) is 18.1 Å². The predicted octanol–water partition coefficient (Wildman–Crippen LogP) is 3.29. The van der Waals surface area contributed by atoms with E-state index in [9.17, 15) is 13.2 Å². The molecule has 0 aromatic heterocycles. The topological polar surface area (TPSA) is 66.9 Å². The summed E-state index contributed by atoms with van der Waals surface area (Å²) in [4.78, 5) is 14.7. The maximum absolute atomic E-state index is 13.0. The second-order valence-corrected chi connectivity index (χ2v) is 9.09. The summed E-state index contributed by atoms with van der Waals surface area (Å²) in [5.41, 5.74) is 0.264. The fourth-order valence-corrected chi connectivity index (χ4v) is 4.88. The molecule has 6 nitrogen and oxygen atoms in total. The molecule has 0 radical (unpaired) electrons. The van der Waals surface area contributed by atoms with Gasteiger partial charge in [0.2, 0.25) is 15.9 Å². The molecule has 0 spiro atoms. The van der Waals surface area contributed by atoms with Gasteiger partial charge in [0.15, 0.2) is 0 Å². The summed E-state index contributed by atoms with van der Waals surface area (Å²) in [6.07, 6.45) is 6.35. The van der Waals surface area contributed by atoms with Crippen LogP contribution in [0.3, 0.4) is 0 Å². The van der Waals surface area contributed by atoms with Gasteiger partial charge in [0.05, 0.1) is 19.1 Å². The van der Waals surface area contributed by atoms with E-state index in [4.69, 9.17) is 16.3 Å². The van der Waals surface area contributed by atoms with Gasteiger partial charge in [-0.25, -0.2) is 8.42 Å². The molecule has 1 aromatic rings. The van der Waals surface area contributed by atoms with Gasteiger partial charge in [-0.3, -0.25) is 9.10 Å². The molecule has 1 atom stereocenters. The number of hydrogen-bond acceptors (Lipinski definition) is 4. The van der Waals surface area contributed by atoms with Crippen molar-refractivity contribution in [3.63, 3.8) is 0 Å². The Balaban J connectivity index is 2.38. The van der Waals surface area contributed by atoms with Crippen molar-refractivity contribution in [3.05, 3.63) is 23.2 Å². The molecule has 1 aliphatic carbocycles. The quantitative estimate of drug-likeness (QED) is 0.732. The van der Waals surface area contributed by atoms with Crippen molar-refractivity contribution < 1.29 is 17.9 Å². The summed E-state index contributed by atoms with van der Waals surface area (Å²) in [6.45, 7) is 1.60. The first kappa shape index (κ1) is 20.8. The predicted molar refractivity (Wildman–Crippen MR) is 104 cm³/mol. The Morgan fingerprint density at radius 2 is 1.88 bits per heavy atom. The zero-order chi connectivity index (χ0) is 19.5. The molecular formula is C18H27ClN2O4S. The zero-order valence-corrected chi connectivity index (χ0v) is 17.3. The van der Waals surface area contributed by atoms with Crippen LogP contribution in [0.15, 0.2) is 18.2 Å². The molecule has 1 aromatic carbocycles. The number of ether oxygens (including phenoxy) is 1. The van der Waals surface area contributed by atoms with Crippen LogP contribution in [0, 0.1) is 0 Å². The van der Waals surface area contributed by atoms with E-state index in [-0.39, 0.29) is 17.6 Å². The number of hydrogen-bond donors (Lipinski definition) is 0. The second-order valence-electron chi connectivity index (χ2n) is 6.79. The van der Waals surface area contributed by atoms with E-state index in [1.54, 1.807) is 31.0 Å². The average molecular weight is 403 g/mol. The minimum atomic E-state index is -3.73. The van der Waals surface area contributed by atoms with Gasteiger partial charge in [-0.2, -0.15) is 0 Å². The van der Waals surface area contributed by atoms with E-state index in [0.717, 1.165) is 36.2 Å². The van der Waals surface area contributed by atoms with Crippen LogP contribution in [0.1, 0.15) is 39.0 Å². The lowest BCUT2D eigenvalue weighted by atomic mass is 9.94. The molecule has 0 bridgehead atoms. The lowest BCUT2D eigenvalue weighted by Crippen LogP contribution is -2.51. The highest BCUT2D eigenvalue weighted by molar-refractivity contribution is 7.92. The largest absolute Gasteiger partial charge is 0.495 e. The van der Waals surface area contributed by atoms with Crippen LogP contribution < -0.4 is 9.04 Å². The third kappa shape index (κ3) is 4.62. The Hall–Kier alpha value is -1.47. The van der Waals surface area contributed by atoms with Crippen LogP contribution in [0.4, 0.5) is 5.69 Å². The fourth-order valence-electron chi connectivity index (χ4n) is 3.55. The fraction of sp³-hybridized carbons (Fsp3) is 0.611. The number of carbonyl (C=O) groups excluding carboxylic acids is 1. The number of sulfonamides is 1. The Morgan fingerprint density at radius 3 is 2.42 bits per heavy atom. The molecule has 0 aliphatic heterocycles. The van der Waals surface area contributed by atoms with Gasteiger partial charge < -0.3 is 9.64 Å². The third-order valence-electron chi connectivity index (χ3n) is 4.91. The highest BCUT2D eigenvalue weighted by Crippen LogP contribution is 2.34. The monoisotopic (exact) mass is 402 g/mol. The maximum atomic E-state index is 13.0. The molecule has 1 aliphatic rings. The molecule has 0 saturated heterocycles. The van der Waals surface area contributed by atoms with Gasteiger partial charge in [0.1, 0.15) is 11.8 Å². The molecular weight excluding hydrogens is 376 g/mol. The molecule has 2 rings (SSSR count). The number of halogens is 1. The molecule has 0 unspecified atom stereocenters. The highest BCUT2D eigenvalue weighted by atomic mass is 35.5. The van der Waals surface area contributed by atoms with Crippen LogP contribution in [0.5, 0.6) is 5.75 Å². The molecule has 0 N–H and O–H groups in total. The summed E-state index contributed by atoms with van der Waals surface area (Å²) >= 11 is 6.06. The Kier molecular flexibility index (Phi) is 6.80. The van der Waals surface area contributed by atoms with Crippen LogP contribution in [0.2, 0.25) is 5.02 Å². The van der Waals surface area contributed by atoms with Gasteiger partial charge in [-0.1, -0.05) is 30.9 Å². The minimum Gasteiger partial charge on any atom is -0.495 e. The van der Waals surface area contributed by atoms with Gasteiger partial charge in [-0.05, 0) is 38.0 Å². The van der Waals surface area contributed by atoms with E-state index >= 15 is 0 Å². The van der Waals surface area contributed by atoms with Crippen molar-refractivity contribution in [2.45, 2.75) is 51.1 Å². The lowest BCUT2D eigenvalue weighted by Gasteiger charge is -2.36. The second kappa shape index (κ2) is 8.48. The normalized spacial score (nSPS) is 16.8. The number of methoxy groups -OCH3 is 1. The number of benzene rings is 1. The average Bonchev–Trinajstić information content (AvgIpc) is 2.60. The summed E-state index contributed by atoms with van der Waals surface area (Å²) in [7, 11) is -0.522.